The summed E-state index contributed by atoms with van der Waals surface area (Å²) in [5.41, 5.74) is 0. The largest absolute Gasteiger partial charge is 0.381 e. The van der Waals surface area contributed by atoms with Crippen molar-refractivity contribution in [1.82, 2.24) is 14.9 Å². The van der Waals surface area contributed by atoms with Gasteiger partial charge in [0.2, 0.25) is 0 Å². The smallest absolute Gasteiger partial charge is 0.108 e. The molecule has 20 heavy (non-hydrogen) atoms. The first kappa shape index (κ1) is 14.1. The quantitative estimate of drug-likeness (QED) is 0.897. The molecule has 0 spiro atoms. The van der Waals surface area contributed by atoms with Gasteiger partial charge < -0.3 is 14.6 Å². The van der Waals surface area contributed by atoms with Gasteiger partial charge in [0.15, 0.2) is 0 Å². The second-order valence-corrected chi connectivity index (χ2v) is 6.50. The van der Waals surface area contributed by atoms with E-state index in [-0.39, 0.29) is 0 Å². The summed E-state index contributed by atoms with van der Waals surface area (Å²) in [6.07, 6.45) is 10.2. The fourth-order valence-electron chi connectivity index (χ4n) is 3.54. The molecule has 2 aliphatic rings. The zero-order valence-corrected chi connectivity index (χ0v) is 12.6. The van der Waals surface area contributed by atoms with Crippen molar-refractivity contribution >= 4 is 0 Å². The molecule has 3 heterocycles. The number of nitrogens with one attached hydrogen (secondary N) is 1. The SMILES string of the molecule is C[C@@H](CC1CCOCC1)NC[C@H]1CCc2nccn2C1. The van der Waals surface area contributed by atoms with Crippen LogP contribution in [0.5, 0.6) is 0 Å². The highest BCUT2D eigenvalue weighted by molar-refractivity contribution is 4.97. The summed E-state index contributed by atoms with van der Waals surface area (Å²) < 4.78 is 7.75. The van der Waals surface area contributed by atoms with Crippen molar-refractivity contribution in [2.45, 2.75) is 51.6 Å². The van der Waals surface area contributed by atoms with Crippen LogP contribution in [0.15, 0.2) is 12.4 Å². The Labute approximate surface area is 121 Å². The third-order valence-electron chi connectivity index (χ3n) is 4.82. The van der Waals surface area contributed by atoms with Crippen LogP contribution in [0.4, 0.5) is 0 Å². The molecule has 0 radical (unpaired) electrons. The van der Waals surface area contributed by atoms with E-state index in [0.29, 0.717) is 6.04 Å². The van der Waals surface area contributed by atoms with Crippen LogP contribution in [0.2, 0.25) is 0 Å². The predicted octanol–water partition coefficient (Wildman–Crippen LogP) is 2.24. The first-order valence-electron chi connectivity index (χ1n) is 8.12. The number of aryl methyl sites for hydroxylation is 1. The van der Waals surface area contributed by atoms with Crippen molar-refractivity contribution in [2.75, 3.05) is 19.8 Å². The monoisotopic (exact) mass is 277 g/mol. The molecule has 2 atom stereocenters. The van der Waals surface area contributed by atoms with Crippen molar-refractivity contribution in [3.05, 3.63) is 18.2 Å². The fraction of sp³-hybridized carbons (Fsp3) is 0.812. The predicted molar refractivity (Wildman–Crippen MR) is 79.7 cm³/mol. The minimum Gasteiger partial charge on any atom is -0.381 e. The molecule has 4 nitrogen and oxygen atoms in total. The third kappa shape index (κ3) is 3.61. The molecule has 0 unspecified atom stereocenters. The normalized spacial score (nSPS) is 25.4. The van der Waals surface area contributed by atoms with Crippen LogP contribution in [0.25, 0.3) is 0 Å². The Morgan fingerprint density at radius 3 is 3.05 bits per heavy atom. The van der Waals surface area contributed by atoms with Gasteiger partial charge in [-0.1, -0.05) is 0 Å². The van der Waals surface area contributed by atoms with Crippen LogP contribution in [0, 0.1) is 11.8 Å². The van der Waals surface area contributed by atoms with E-state index in [0.717, 1.165) is 44.6 Å². The summed E-state index contributed by atoms with van der Waals surface area (Å²) in [5.74, 6) is 2.88. The van der Waals surface area contributed by atoms with Crippen molar-refractivity contribution < 1.29 is 4.74 Å². The number of fused-ring (bicyclic) bond motifs is 1. The van der Waals surface area contributed by atoms with Gasteiger partial charge in [-0.05, 0) is 51.0 Å². The zero-order valence-electron chi connectivity index (χ0n) is 12.6. The molecule has 2 aliphatic heterocycles. The van der Waals surface area contributed by atoms with Gasteiger partial charge in [-0.2, -0.15) is 0 Å². The van der Waals surface area contributed by atoms with Crippen molar-refractivity contribution in [3.63, 3.8) is 0 Å². The van der Waals surface area contributed by atoms with Crippen LogP contribution < -0.4 is 5.32 Å². The van der Waals surface area contributed by atoms with Gasteiger partial charge in [-0.15, -0.1) is 0 Å². The Morgan fingerprint density at radius 2 is 2.20 bits per heavy atom. The Kier molecular flexibility index (Phi) is 4.73. The number of hydrogen-bond acceptors (Lipinski definition) is 3. The lowest BCUT2D eigenvalue weighted by molar-refractivity contribution is 0.0609. The van der Waals surface area contributed by atoms with E-state index in [1.807, 2.05) is 6.20 Å². The molecule has 1 fully saturated rings. The van der Waals surface area contributed by atoms with Gasteiger partial charge in [-0.25, -0.2) is 4.98 Å². The van der Waals surface area contributed by atoms with E-state index < -0.39 is 0 Å². The third-order valence-corrected chi connectivity index (χ3v) is 4.82. The summed E-state index contributed by atoms with van der Waals surface area (Å²) in [4.78, 5) is 4.39. The highest BCUT2D eigenvalue weighted by atomic mass is 16.5. The lowest BCUT2D eigenvalue weighted by Gasteiger charge is -2.28. The molecule has 1 aromatic rings. The lowest BCUT2D eigenvalue weighted by atomic mass is 9.92. The van der Waals surface area contributed by atoms with Crippen molar-refractivity contribution in [2.24, 2.45) is 11.8 Å². The van der Waals surface area contributed by atoms with Gasteiger partial charge >= 0.3 is 0 Å². The van der Waals surface area contributed by atoms with Crippen molar-refractivity contribution in [1.29, 1.82) is 0 Å². The van der Waals surface area contributed by atoms with Crippen LogP contribution in [-0.4, -0.2) is 35.4 Å². The summed E-state index contributed by atoms with van der Waals surface area (Å²) in [7, 11) is 0. The lowest BCUT2D eigenvalue weighted by Crippen LogP contribution is -2.36. The Morgan fingerprint density at radius 1 is 1.35 bits per heavy atom. The van der Waals surface area contributed by atoms with Gasteiger partial charge in [-0.3, -0.25) is 0 Å². The summed E-state index contributed by atoms with van der Waals surface area (Å²) >= 11 is 0. The van der Waals surface area contributed by atoms with E-state index >= 15 is 0 Å². The maximum Gasteiger partial charge on any atom is 0.108 e. The summed E-state index contributed by atoms with van der Waals surface area (Å²) in [5, 5.41) is 3.75. The van der Waals surface area contributed by atoms with E-state index in [9.17, 15) is 0 Å². The Bertz CT molecular complexity index is 412. The van der Waals surface area contributed by atoms with Gasteiger partial charge in [0.1, 0.15) is 5.82 Å². The molecule has 3 rings (SSSR count). The first-order valence-corrected chi connectivity index (χ1v) is 8.12. The van der Waals surface area contributed by atoms with Crippen LogP contribution in [-0.2, 0) is 17.7 Å². The number of imidazole rings is 1. The minimum absolute atomic E-state index is 0.627. The average Bonchev–Trinajstić information content (AvgIpc) is 2.93. The number of rotatable bonds is 5. The summed E-state index contributed by atoms with van der Waals surface area (Å²) in [6, 6.07) is 0.627. The Balaban J connectivity index is 1.39. The van der Waals surface area contributed by atoms with E-state index in [2.05, 4.69) is 28.0 Å². The van der Waals surface area contributed by atoms with Crippen molar-refractivity contribution in [3.8, 4) is 0 Å². The molecule has 0 aromatic carbocycles. The molecular weight excluding hydrogens is 250 g/mol. The fourth-order valence-corrected chi connectivity index (χ4v) is 3.54. The molecule has 1 saturated heterocycles. The van der Waals surface area contributed by atoms with E-state index in [1.165, 1.54) is 31.5 Å². The first-order chi connectivity index (χ1) is 9.81. The standard InChI is InChI=1S/C16H27N3O/c1-13(10-14-4-8-20-9-5-14)18-11-15-2-3-16-17-6-7-19(16)12-15/h6-7,13-15,18H,2-5,8-12H2,1H3/t13-,15+/m0/s1. The number of aromatic nitrogens is 2. The number of nitrogens with zero attached hydrogens (tertiary/aromatic N) is 2. The molecule has 0 amide bonds. The molecule has 0 saturated carbocycles. The van der Waals surface area contributed by atoms with Gasteiger partial charge in [0.25, 0.3) is 0 Å². The number of ether oxygens (including phenoxy) is 1. The second-order valence-electron chi connectivity index (χ2n) is 6.50. The van der Waals surface area contributed by atoms with Crippen LogP contribution >= 0.6 is 0 Å². The molecule has 112 valence electrons. The van der Waals surface area contributed by atoms with Gasteiger partial charge in [0, 0.05) is 44.6 Å². The molecular formula is C16H27N3O. The molecule has 0 bridgehead atoms. The highest BCUT2D eigenvalue weighted by Crippen LogP contribution is 2.21. The zero-order chi connectivity index (χ0) is 13.8. The molecule has 4 heteroatoms. The van der Waals surface area contributed by atoms with Gasteiger partial charge in [0.05, 0.1) is 0 Å². The van der Waals surface area contributed by atoms with Crippen LogP contribution in [0.1, 0.15) is 38.4 Å². The molecule has 1 N–H and O–H groups in total. The number of hydrogen-bond donors (Lipinski definition) is 1. The maximum atomic E-state index is 5.43. The average molecular weight is 277 g/mol. The minimum atomic E-state index is 0.627. The van der Waals surface area contributed by atoms with Crippen LogP contribution in [0.3, 0.4) is 0 Å². The van der Waals surface area contributed by atoms with E-state index in [1.54, 1.807) is 0 Å². The summed E-state index contributed by atoms with van der Waals surface area (Å²) in [6.45, 7) is 6.53. The maximum absolute atomic E-state index is 5.43. The topological polar surface area (TPSA) is 39.1 Å². The second kappa shape index (κ2) is 6.72. The molecule has 0 aliphatic carbocycles. The molecule has 1 aromatic heterocycles. The highest BCUT2D eigenvalue weighted by Gasteiger charge is 2.20. The van der Waals surface area contributed by atoms with E-state index in [4.69, 9.17) is 4.74 Å². The Hall–Kier alpha value is -0.870.